The van der Waals surface area contributed by atoms with E-state index >= 15 is 0 Å². The maximum absolute atomic E-state index is 12.5. The van der Waals surface area contributed by atoms with Crippen LogP contribution in [-0.4, -0.2) is 10.8 Å². The van der Waals surface area contributed by atoms with Gasteiger partial charge in [-0.2, -0.15) is 0 Å². The van der Waals surface area contributed by atoms with Gasteiger partial charge in [0, 0.05) is 24.3 Å². The van der Waals surface area contributed by atoms with Crippen LogP contribution in [0.15, 0.2) is 36.4 Å². The number of hydrogen-bond acceptors (Lipinski definition) is 2. The van der Waals surface area contributed by atoms with Crippen molar-refractivity contribution in [2.24, 2.45) is 0 Å². The highest BCUT2D eigenvalue weighted by Gasteiger charge is 2.27. The number of hydrogen-bond donors (Lipinski definition) is 1. The zero-order chi connectivity index (χ0) is 14.4. The molecule has 0 unspecified atom stereocenters. The second-order valence-corrected chi connectivity index (χ2v) is 6.03. The van der Waals surface area contributed by atoms with Gasteiger partial charge < -0.3 is 10.6 Å². The SMILES string of the molecule is Nc1ccc2c(c1)C(=O)N(Cc1ccc3c(c1)CCC3)C2. The fourth-order valence-corrected chi connectivity index (χ4v) is 3.45. The van der Waals surface area contributed by atoms with Crippen LogP contribution in [-0.2, 0) is 25.9 Å². The van der Waals surface area contributed by atoms with Crippen molar-refractivity contribution in [3.8, 4) is 0 Å². The minimum Gasteiger partial charge on any atom is -0.399 e. The number of carbonyl (C=O) groups excluding carboxylic acids is 1. The van der Waals surface area contributed by atoms with E-state index in [2.05, 4.69) is 18.2 Å². The van der Waals surface area contributed by atoms with Crippen molar-refractivity contribution < 1.29 is 4.79 Å². The summed E-state index contributed by atoms with van der Waals surface area (Å²) in [4.78, 5) is 14.4. The summed E-state index contributed by atoms with van der Waals surface area (Å²) in [6.07, 6.45) is 3.63. The first-order valence-electron chi connectivity index (χ1n) is 7.49. The molecule has 2 aromatic rings. The molecule has 3 nitrogen and oxygen atoms in total. The third-order valence-electron chi connectivity index (χ3n) is 4.55. The largest absolute Gasteiger partial charge is 0.399 e. The summed E-state index contributed by atoms with van der Waals surface area (Å²) in [5.41, 5.74) is 12.4. The number of nitrogens with two attached hydrogens (primary N) is 1. The van der Waals surface area contributed by atoms with Crippen LogP contribution in [0, 0.1) is 0 Å². The van der Waals surface area contributed by atoms with Crippen molar-refractivity contribution in [2.75, 3.05) is 5.73 Å². The molecule has 2 N–H and O–H groups in total. The molecule has 0 radical (unpaired) electrons. The molecule has 3 heteroatoms. The van der Waals surface area contributed by atoms with Crippen LogP contribution in [0.5, 0.6) is 0 Å². The normalized spacial score (nSPS) is 16.2. The maximum atomic E-state index is 12.5. The van der Waals surface area contributed by atoms with Crippen molar-refractivity contribution in [1.82, 2.24) is 4.90 Å². The van der Waals surface area contributed by atoms with Crippen molar-refractivity contribution in [1.29, 1.82) is 0 Å². The molecule has 1 aliphatic heterocycles. The summed E-state index contributed by atoms with van der Waals surface area (Å²) < 4.78 is 0. The minimum absolute atomic E-state index is 0.0952. The molecule has 0 atom stereocenters. The number of anilines is 1. The van der Waals surface area contributed by atoms with Crippen LogP contribution < -0.4 is 5.73 Å². The zero-order valence-corrected chi connectivity index (χ0v) is 11.9. The van der Waals surface area contributed by atoms with Crippen LogP contribution in [0.2, 0.25) is 0 Å². The lowest BCUT2D eigenvalue weighted by molar-refractivity contribution is 0.0766. The Morgan fingerprint density at radius 2 is 1.81 bits per heavy atom. The number of nitrogens with zero attached hydrogens (tertiary/aromatic N) is 1. The molecule has 0 saturated carbocycles. The molecule has 2 aromatic carbocycles. The summed E-state index contributed by atoms with van der Waals surface area (Å²) in [6, 6.07) is 12.3. The summed E-state index contributed by atoms with van der Waals surface area (Å²) in [5, 5.41) is 0. The Morgan fingerprint density at radius 1 is 1.00 bits per heavy atom. The Labute approximate surface area is 124 Å². The number of amides is 1. The number of rotatable bonds is 2. The smallest absolute Gasteiger partial charge is 0.254 e. The van der Waals surface area contributed by atoms with E-state index < -0.39 is 0 Å². The number of carbonyl (C=O) groups is 1. The van der Waals surface area contributed by atoms with Crippen LogP contribution in [0.3, 0.4) is 0 Å². The highest BCUT2D eigenvalue weighted by Crippen LogP contribution is 2.28. The van der Waals surface area contributed by atoms with Gasteiger partial charge in [-0.05, 0) is 53.6 Å². The predicted octanol–water partition coefficient (Wildman–Crippen LogP) is 2.91. The quantitative estimate of drug-likeness (QED) is 0.859. The molecule has 4 rings (SSSR count). The van der Waals surface area contributed by atoms with Crippen LogP contribution in [0.4, 0.5) is 5.69 Å². The van der Waals surface area contributed by atoms with Crippen molar-refractivity contribution in [3.05, 3.63) is 64.2 Å². The van der Waals surface area contributed by atoms with Gasteiger partial charge in [0.1, 0.15) is 0 Å². The topological polar surface area (TPSA) is 46.3 Å². The molecular weight excluding hydrogens is 260 g/mol. The average Bonchev–Trinajstić information content (AvgIpc) is 3.05. The minimum atomic E-state index is 0.0952. The summed E-state index contributed by atoms with van der Waals surface area (Å²) in [6.45, 7) is 1.37. The highest BCUT2D eigenvalue weighted by molar-refractivity contribution is 5.99. The first-order valence-corrected chi connectivity index (χ1v) is 7.49. The van der Waals surface area contributed by atoms with Crippen molar-refractivity contribution in [2.45, 2.75) is 32.4 Å². The Balaban J connectivity index is 1.58. The average molecular weight is 278 g/mol. The molecule has 0 bridgehead atoms. The lowest BCUT2D eigenvalue weighted by Crippen LogP contribution is -2.23. The molecule has 0 saturated heterocycles. The third-order valence-corrected chi connectivity index (χ3v) is 4.55. The van der Waals surface area contributed by atoms with Gasteiger partial charge in [-0.25, -0.2) is 0 Å². The lowest BCUT2D eigenvalue weighted by Gasteiger charge is -2.16. The van der Waals surface area contributed by atoms with Gasteiger partial charge in [-0.15, -0.1) is 0 Å². The second-order valence-electron chi connectivity index (χ2n) is 6.03. The summed E-state index contributed by atoms with van der Waals surface area (Å²) >= 11 is 0. The highest BCUT2D eigenvalue weighted by atomic mass is 16.2. The van der Waals surface area contributed by atoms with Crippen molar-refractivity contribution in [3.63, 3.8) is 0 Å². The van der Waals surface area contributed by atoms with E-state index in [0.29, 0.717) is 18.8 Å². The van der Waals surface area contributed by atoms with Gasteiger partial charge in [0.2, 0.25) is 0 Å². The molecule has 1 amide bonds. The van der Waals surface area contributed by atoms with E-state index in [9.17, 15) is 4.79 Å². The number of fused-ring (bicyclic) bond motifs is 2. The standard InChI is InChI=1S/C18H18N2O/c19-16-7-6-15-11-20(18(21)17(15)9-16)10-12-4-5-13-2-1-3-14(13)8-12/h4-9H,1-3,10-11,19H2. The summed E-state index contributed by atoms with van der Waals surface area (Å²) in [7, 11) is 0. The van der Waals surface area contributed by atoms with Crippen molar-refractivity contribution >= 4 is 11.6 Å². The third kappa shape index (κ3) is 2.09. The van der Waals surface area contributed by atoms with Gasteiger partial charge in [0.25, 0.3) is 5.91 Å². The second kappa shape index (κ2) is 4.62. The van der Waals surface area contributed by atoms with Crippen LogP contribution in [0.25, 0.3) is 0 Å². The predicted molar refractivity (Wildman–Crippen MR) is 82.9 cm³/mol. The first kappa shape index (κ1) is 12.5. The van der Waals surface area contributed by atoms with E-state index in [1.165, 1.54) is 36.0 Å². The van der Waals surface area contributed by atoms with Gasteiger partial charge in [0.15, 0.2) is 0 Å². The fraction of sp³-hybridized carbons (Fsp3) is 0.278. The molecule has 2 aliphatic rings. The monoisotopic (exact) mass is 278 g/mol. The van der Waals surface area contributed by atoms with Crippen LogP contribution >= 0.6 is 0 Å². The Hall–Kier alpha value is -2.29. The Bertz CT molecular complexity index is 736. The number of nitrogen functional groups attached to an aromatic ring is 1. The molecule has 0 aromatic heterocycles. The Morgan fingerprint density at radius 3 is 2.71 bits per heavy atom. The van der Waals surface area contributed by atoms with Gasteiger partial charge in [0.05, 0.1) is 0 Å². The molecule has 0 fully saturated rings. The first-order chi connectivity index (χ1) is 10.2. The Kier molecular flexibility index (Phi) is 2.74. The van der Waals surface area contributed by atoms with Crippen LogP contribution in [0.1, 0.15) is 39.0 Å². The molecule has 1 heterocycles. The maximum Gasteiger partial charge on any atom is 0.254 e. The van der Waals surface area contributed by atoms with E-state index in [0.717, 1.165) is 11.1 Å². The molecule has 21 heavy (non-hydrogen) atoms. The molecule has 1 aliphatic carbocycles. The van der Waals surface area contributed by atoms with Gasteiger partial charge in [-0.1, -0.05) is 24.3 Å². The number of aryl methyl sites for hydroxylation is 2. The zero-order valence-electron chi connectivity index (χ0n) is 11.9. The number of benzene rings is 2. The van der Waals surface area contributed by atoms with E-state index in [1.54, 1.807) is 6.07 Å². The lowest BCUT2D eigenvalue weighted by atomic mass is 10.1. The molecule has 106 valence electrons. The van der Waals surface area contributed by atoms with Gasteiger partial charge in [-0.3, -0.25) is 4.79 Å². The van der Waals surface area contributed by atoms with Gasteiger partial charge >= 0.3 is 0 Å². The van der Waals surface area contributed by atoms with E-state index in [-0.39, 0.29) is 5.91 Å². The van der Waals surface area contributed by atoms with E-state index in [1.807, 2.05) is 17.0 Å². The van der Waals surface area contributed by atoms with E-state index in [4.69, 9.17) is 5.73 Å². The molecular formula is C18H18N2O. The fourth-order valence-electron chi connectivity index (χ4n) is 3.45. The summed E-state index contributed by atoms with van der Waals surface area (Å²) in [5.74, 6) is 0.0952. The molecule has 0 spiro atoms.